The summed E-state index contributed by atoms with van der Waals surface area (Å²) in [5, 5.41) is 2.74. The molecule has 1 N–H and O–H groups in total. The summed E-state index contributed by atoms with van der Waals surface area (Å²) >= 11 is 0. The van der Waals surface area contributed by atoms with Gasteiger partial charge in [-0.15, -0.1) is 0 Å². The Morgan fingerprint density at radius 1 is 0.950 bits per heavy atom. The summed E-state index contributed by atoms with van der Waals surface area (Å²) in [6, 6.07) is 0. The predicted octanol–water partition coefficient (Wildman–Crippen LogP) is 0.822. The van der Waals surface area contributed by atoms with Crippen LogP contribution >= 0.6 is 0 Å². The van der Waals surface area contributed by atoms with Crippen LogP contribution in [0.5, 0.6) is 0 Å². The molecule has 0 spiro atoms. The fourth-order valence-corrected chi connectivity index (χ4v) is 1.71. The maximum Gasteiger partial charge on any atom is 0.339 e. The van der Waals surface area contributed by atoms with Crippen molar-refractivity contribution in [3.05, 3.63) is 22.9 Å². The van der Waals surface area contributed by atoms with E-state index in [4.69, 9.17) is 18.9 Å². The number of hydrogen-bond donors (Lipinski definition) is 1. The summed E-state index contributed by atoms with van der Waals surface area (Å²) in [6.45, 7) is 3.86. The molecule has 0 aliphatic carbocycles. The van der Waals surface area contributed by atoms with Crippen molar-refractivity contribution in [3.63, 3.8) is 0 Å². The average molecular weight is 285 g/mol. The first kappa shape index (κ1) is 15.9. The minimum Gasteiger partial charge on any atom is -0.482 e. The van der Waals surface area contributed by atoms with Crippen molar-refractivity contribution in [2.24, 2.45) is 0 Å². The van der Waals surface area contributed by atoms with Crippen molar-refractivity contribution in [3.8, 4) is 0 Å². The summed E-state index contributed by atoms with van der Waals surface area (Å²) in [6.07, 6.45) is 0.0248. The van der Waals surface area contributed by atoms with Crippen LogP contribution in [0.4, 0.5) is 0 Å². The zero-order valence-corrected chi connectivity index (χ0v) is 12.1. The van der Waals surface area contributed by atoms with Crippen LogP contribution in [0.1, 0.15) is 20.3 Å². The Labute approximate surface area is 117 Å². The van der Waals surface area contributed by atoms with Gasteiger partial charge in [0.05, 0.1) is 27.4 Å². The monoisotopic (exact) mass is 285 g/mol. The number of ether oxygens (including phenoxy) is 4. The molecule has 20 heavy (non-hydrogen) atoms. The van der Waals surface area contributed by atoms with E-state index in [1.807, 2.05) is 0 Å². The van der Waals surface area contributed by atoms with Crippen LogP contribution in [0.3, 0.4) is 0 Å². The van der Waals surface area contributed by atoms with Crippen molar-refractivity contribution in [2.75, 3.05) is 27.4 Å². The van der Waals surface area contributed by atoms with E-state index in [2.05, 4.69) is 5.32 Å². The third kappa shape index (κ3) is 3.43. The highest BCUT2D eigenvalue weighted by Crippen LogP contribution is 2.25. The van der Waals surface area contributed by atoms with Gasteiger partial charge in [-0.3, -0.25) is 5.32 Å². The molecular formula is C13H19NO6. The number of carbonyl (C=O) groups excluding carboxylic acids is 2. The van der Waals surface area contributed by atoms with E-state index in [9.17, 15) is 9.59 Å². The lowest BCUT2D eigenvalue weighted by Gasteiger charge is -2.23. The highest BCUT2D eigenvalue weighted by atomic mass is 16.5. The van der Waals surface area contributed by atoms with Crippen molar-refractivity contribution < 1.29 is 28.5 Å². The Morgan fingerprint density at radius 3 is 1.65 bits per heavy atom. The second-order valence-electron chi connectivity index (χ2n) is 3.77. The second-order valence-corrected chi connectivity index (χ2v) is 3.77. The van der Waals surface area contributed by atoms with Crippen LogP contribution in [0, 0.1) is 0 Å². The summed E-state index contributed by atoms with van der Waals surface area (Å²) in [4.78, 5) is 23.7. The number of hydrogen-bond acceptors (Lipinski definition) is 7. The van der Waals surface area contributed by atoms with E-state index in [1.165, 1.54) is 14.2 Å². The molecule has 0 saturated carbocycles. The molecule has 1 heterocycles. The molecule has 0 atom stereocenters. The van der Waals surface area contributed by atoms with E-state index < -0.39 is 11.9 Å². The van der Waals surface area contributed by atoms with Gasteiger partial charge >= 0.3 is 11.9 Å². The van der Waals surface area contributed by atoms with Crippen LogP contribution in [-0.4, -0.2) is 39.4 Å². The maximum atomic E-state index is 11.9. The zero-order chi connectivity index (χ0) is 15.1. The highest BCUT2D eigenvalue weighted by molar-refractivity contribution is 5.96. The first-order valence-electron chi connectivity index (χ1n) is 6.24. The third-order valence-electron chi connectivity index (χ3n) is 2.58. The molecular weight excluding hydrogens is 266 g/mol. The molecule has 0 radical (unpaired) electrons. The van der Waals surface area contributed by atoms with Crippen molar-refractivity contribution in [1.29, 1.82) is 0 Å². The lowest BCUT2D eigenvalue weighted by atomic mass is 10.0. The molecule has 0 aromatic carbocycles. The molecule has 7 heteroatoms. The maximum absolute atomic E-state index is 11.9. The van der Waals surface area contributed by atoms with Crippen LogP contribution in [-0.2, 0) is 28.5 Å². The number of methoxy groups -OCH3 is 2. The van der Waals surface area contributed by atoms with Gasteiger partial charge in [0.15, 0.2) is 0 Å². The van der Waals surface area contributed by atoms with Gasteiger partial charge in [-0.25, -0.2) is 9.59 Å². The molecule has 112 valence electrons. The molecule has 1 aliphatic rings. The van der Waals surface area contributed by atoms with E-state index in [0.717, 1.165) is 0 Å². The molecule has 0 unspecified atom stereocenters. The molecule has 7 nitrogen and oxygen atoms in total. The SMILES string of the molecule is CCOC(=O)C1=C(OC)NC(OC)=C(C(=O)OCC)C1. The molecule has 0 saturated heterocycles. The summed E-state index contributed by atoms with van der Waals surface area (Å²) < 4.78 is 20.1. The predicted molar refractivity (Wildman–Crippen MR) is 69.1 cm³/mol. The molecule has 0 aromatic heterocycles. The van der Waals surface area contributed by atoms with Crippen molar-refractivity contribution in [1.82, 2.24) is 5.32 Å². The first-order chi connectivity index (χ1) is 9.58. The van der Waals surface area contributed by atoms with Gasteiger partial charge in [0.1, 0.15) is 11.1 Å². The van der Waals surface area contributed by atoms with Gasteiger partial charge in [-0.1, -0.05) is 0 Å². The van der Waals surface area contributed by atoms with Crippen LogP contribution < -0.4 is 5.32 Å². The zero-order valence-electron chi connectivity index (χ0n) is 12.1. The van der Waals surface area contributed by atoms with Gasteiger partial charge in [-0.2, -0.15) is 0 Å². The quantitative estimate of drug-likeness (QED) is 0.723. The Hall–Kier alpha value is -2.18. The van der Waals surface area contributed by atoms with Gasteiger partial charge in [-0.05, 0) is 13.8 Å². The van der Waals surface area contributed by atoms with E-state index in [1.54, 1.807) is 13.8 Å². The van der Waals surface area contributed by atoms with Crippen molar-refractivity contribution >= 4 is 11.9 Å². The van der Waals surface area contributed by atoms with E-state index in [-0.39, 0.29) is 42.5 Å². The van der Waals surface area contributed by atoms with E-state index >= 15 is 0 Å². The average Bonchev–Trinajstić information content (AvgIpc) is 2.46. The molecule has 0 fully saturated rings. The highest BCUT2D eigenvalue weighted by Gasteiger charge is 2.31. The lowest BCUT2D eigenvalue weighted by molar-refractivity contribution is -0.139. The summed E-state index contributed by atoms with van der Waals surface area (Å²) in [7, 11) is 2.81. The minimum absolute atomic E-state index is 0.0248. The number of rotatable bonds is 6. The minimum atomic E-state index is -0.547. The fraction of sp³-hybridized carbons (Fsp3) is 0.538. The molecule has 0 amide bonds. The van der Waals surface area contributed by atoms with Gasteiger partial charge < -0.3 is 18.9 Å². The van der Waals surface area contributed by atoms with Crippen LogP contribution in [0.25, 0.3) is 0 Å². The van der Waals surface area contributed by atoms with Crippen LogP contribution in [0.15, 0.2) is 22.9 Å². The summed E-state index contributed by atoms with van der Waals surface area (Å²) in [5.41, 5.74) is 0.441. The van der Waals surface area contributed by atoms with Gasteiger partial charge in [0.25, 0.3) is 0 Å². The Balaban J connectivity index is 3.05. The first-order valence-corrected chi connectivity index (χ1v) is 6.24. The molecule has 0 bridgehead atoms. The smallest absolute Gasteiger partial charge is 0.339 e. The Bertz CT molecular complexity index is 412. The lowest BCUT2D eigenvalue weighted by Crippen LogP contribution is -2.30. The number of nitrogens with one attached hydrogen (secondary N) is 1. The number of carbonyl (C=O) groups is 2. The standard InChI is InChI=1S/C13H19NO6/c1-5-19-12(15)8-7-9(13(16)20-6-2)11(18-4)14-10(8)17-3/h14H,5-7H2,1-4H3. The molecule has 1 aliphatic heterocycles. The molecule has 0 aromatic rings. The van der Waals surface area contributed by atoms with Crippen molar-refractivity contribution in [2.45, 2.75) is 20.3 Å². The largest absolute Gasteiger partial charge is 0.482 e. The van der Waals surface area contributed by atoms with Gasteiger partial charge in [0.2, 0.25) is 11.8 Å². The Morgan fingerprint density at radius 2 is 1.35 bits per heavy atom. The topological polar surface area (TPSA) is 83.1 Å². The third-order valence-corrected chi connectivity index (χ3v) is 2.58. The number of esters is 2. The second kappa shape index (κ2) is 7.42. The van der Waals surface area contributed by atoms with E-state index in [0.29, 0.717) is 0 Å². The van der Waals surface area contributed by atoms with Gasteiger partial charge in [0, 0.05) is 6.42 Å². The Kier molecular flexibility index (Phi) is 5.89. The molecule has 1 rings (SSSR count). The normalized spacial score (nSPS) is 14.6. The summed E-state index contributed by atoms with van der Waals surface area (Å²) in [5.74, 6) is -0.690. The van der Waals surface area contributed by atoms with Crippen LogP contribution in [0.2, 0.25) is 0 Å². The number of dihydropyridines is 1. The fourth-order valence-electron chi connectivity index (χ4n) is 1.71.